The lowest BCUT2D eigenvalue weighted by Gasteiger charge is -2.22. The number of benzene rings is 3. The number of carbonyl (C=O) groups excluding carboxylic acids is 1. The Morgan fingerprint density at radius 2 is 1.30 bits per heavy atom. The molecule has 33 heavy (non-hydrogen) atoms. The van der Waals surface area contributed by atoms with E-state index in [9.17, 15) is 4.79 Å². The molecule has 172 valence electrons. The van der Waals surface area contributed by atoms with Crippen LogP contribution in [0, 0.1) is 55.4 Å². The van der Waals surface area contributed by atoms with E-state index in [0.717, 1.165) is 45.0 Å². The van der Waals surface area contributed by atoms with Crippen molar-refractivity contribution in [1.82, 2.24) is 5.32 Å². The zero-order chi connectivity index (χ0) is 24.4. The molecule has 0 bridgehead atoms. The number of hydrogen-bond acceptors (Lipinski definition) is 3. The molecule has 1 amide bonds. The number of amides is 1. The van der Waals surface area contributed by atoms with Crippen molar-refractivity contribution < 1.29 is 9.53 Å². The number of aryl methyl sites for hydroxylation is 3. The van der Waals surface area contributed by atoms with Gasteiger partial charge in [0.25, 0.3) is 5.91 Å². The molecule has 0 aliphatic rings. The molecule has 0 radical (unpaired) electrons. The summed E-state index contributed by atoms with van der Waals surface area (Å²) in [7, 11) is 0. The van der Waals surface area contributed by atoms with Crippen LogP contribution >= 0.6 is 12.2 Å². The van der Waals surface area contributed by atoms with Gasteiger partial charge in [-0.05, 0) is 130 Å². The number of ether oxygens (including phenoxy) is 1. The Labute approximate surface area is 202 Å². The first kappa shape index (κ1) is 24.5. The number of carbonyl (C=O) groups is 1. The van der Waals surface area contributed by atoms with Gasteiger partial charge in [-0.1, -0.05) is 18.2 Å². The average molecular weight is 461 g/mol. The van der Waals surface area contributed by atoms with Crippen LogP contribution in [0.4, 0.5) is 5.69 Å². The van der Waals surface area contributed by atoms with Crippen LogP contribution < -0.4 is 15.4 Å². The van der Waals surface area contributed by atoms with Crippen molar-refractivity contribution in [1.29, 1.82) is 0 Å². The van der Waals surface area contributed by atoms with Crippen molar-refractivity contribution in [2.45, 2.75) is 55.4 Å². The fourth-order valence-corrected chi connectivity index (χ4v) is 4.13. The van der Waals surface area contributed by atoms with E-state index in [4.69, 9.17) is 17.0 Å². The van der Waals surface area contributed by atoms with Gasteiger partial charge < -0.3 is 10.1 Å². The Morgan fingerprint density at radius 3 is 1.85 bits per heavy atom. The van der Waals surface area contributed by atoms with Gasteiger partial charge in [0.05, 0.1) is 0 Å². The molecule has 0 saturated carbocycles. The molecule has 2 N–H and O–H groups in total. The summed E-state index contributed by atoms with van der Waals surface area (Å²) in [6.07, 6.45) is 0. The monoisotopic (exact) mass is 460 g/mol. The van der Waals surface area contributed by atoms with E-state index < -0.39 is 0 Å². The molecular formula is C28H32N2O2S. The molecule has 3 rings (SSSR count). The van der Waals surface area contributed by atoms with E-state index >= 15 is 0 Å². The van der Waals surface area contributed by atoms with Crippen LogP contribution in [0.1, 0.15) is 54.9 Å². The fourth-order valence-electron chi connectivity index (χ4n) is 3.93. The zero-order valence-corrected chi connectivity index (χ0v) is 21.5. The van der Waals surface area contributed by atoms with Gasteiger partial charge in [0.2, 0.25) is 0 Å². The standard InChI is InChI=1S/C28H32N2O2S/c1-15-11-9-10-12-24(15)27(31)30-28(33)29-25-19(5)21(7)26(22(8)20(25)6)32-23-13-16(2)18(4)17(3)14-23/h9-14H,1-8H3,(H2,29,30,31,33). The molecule has 0 atom stereocenters. The molecule has 0 spiro atoms. The maximum absolute atomic E-state index is 12.6. The Morgan fingerprint density at radius 1 is 0.758 bits per heavy atom. The van der Waals surface area contributed by atoms with Gasteiger partial charge in [-0.2, -0.15) is 0 Å². The van der Waals surface area contributed by atoms with Gasteiger partial charge in [-0.25, -0.2) is 0 Å². The highest BCUT2D eigenvalue weighted by Gasteiger charge is 2.19. The maximum Gasteiger partial charge on any atom is 0.257 e. The first-order valence-corrected chi connectivity index (χ1v) is 11.5. The summed E-state index contributed by atoms with van der Waals surface area (Å²) in [5.41, 5.74) is 10.2. The average Bonchev–Trinajstić information content (AvgIpc) is 2.76. The Kier molecular flexibility index (Phi) is 7.23. The summed E-state index contributed by atoms with van der Waals surface area (Å²) in [5.74, 6) is 1.47. The van der Waals surface area contributed by atoms with Gasteiger partial charge in [0, 0.05) is 11.3 Å². The molecule has 4 nitrogen and oxygen atoms in total. The van der Waals surface area contributed by atoms with Crippen LogP contribution in [-0.4, -0.2) is 11.0 Å². The van der Waals surface area contributed by atoms with Crippen molar-refractivity contribution in [3.05, 3.63) is 86.5 Å². The van der Waals surface area contributed by atoms with Gasteiger partial charge >= 0.3 is 0 Å². The topological polar surface area (TPSA) is 50.4 Å². The SMILES string of the molecule is Cc1ccccc1C(=O)NC(=S)Nc1c(C)c(C)c(Oc2cc(C)c(C)c(C)c2)c(C)c1C. The number of anilines is 1. The lowest BCUT2D eigenvalue weighted by atomic mass is 9.97. The highest BCUT2D eigenvalue weighted by molar-refractivity contribution is 7.80. The largest absolute Gasteiger partial charge is 0.457 e. The third kappa shape index (κ3) is 5.09. The summed E-state index contributed by atoms with van der Waals surface area (Å²) in [6.45, 7) is 16.4. The maximum atomic E-state index is 12.6. The number of rotatable bonds is 4. The Bertz CT molecular complexity index is 1210. The molecule has 0 fully saturated rings. The summed E-state index contributed by atoms with van der Waals surface area (Å²) >= 11 is 5.47. The fraction of sp³-hybridized carbons (Fsp3) is 0.286. The predicted octanol–water partition coefficient (Wildman–Crippen LogP) is 7.07. The second kappa shape index (κ2) is 9.75. The zero-order valence-electron chi connectivity index (χ0n) is 20.7. The Hall–Kier alpha value is -3.18. The second-order valence-electron chi connectivity index (χ2n) is 8.71. The van der Waals surface area contributed by atoms with E-state index in [1.807, 2.05) is 52.8 Å². The van der Waals surface area contributed by atoms with E-state index in [-0.39, 0.29) is 11.0 Å². The van der Waals surface area contributed by atoms with Crippen molar-refractivity contribution >= 4 is 28.9 Å². The van der Waals surface area contributed by atoms with Gasteiger partial charge in [0.15, 0.2) is 5.11 Å². The molecule has 0 aliphatic heterocycles. The number of nitrogens with one attached hydrogen (secondary N) is 2. The minimum Gasteiger partial charge on any atom is -0.457 e. The highest BCUT2D eigenvalue weighted by Crippen LogP contribution is 2.38. The summed E-state index contributed by atoms with van der Waals surface area (Å²) in [4.78, 5) is 12.6. The third-order valence-electron chi connectivity index (χ3n) is 6.53. The van der Waals surface area contributed by atoms with Gasteiger partial charge in [-0.15, -0.1) is 0 Å². The predicted molar refractivity (Wildman–Crippen MR) is 141 cm³/mol. The summed E-state index contributed by atoms with van der Waals surface area (Å²) in [5, 5.41) is 6.31. The van der Waals surface area contributed by atoms with Crippen molar-refractivity contribution in [2.75, 3.05) is 5.32 Å². The third-order valence-corrected chi connectivity index (χ3v) is 6.74. The first-order chi connectivity index (χ1) is 15.5. The molecule has 0 aliphatic carbocycles. The van der Waals surface area contributed by atoms with Crippen LogP contribution in [0.5, 0.6) is 11.5 Å². The van der Waals surface area contributed by atoms with Crippen LogP contribution in [0.2, 0.25) is 0 Å². The molecule has 0 unspecified atom stereocenters. The second-order valence-corrected chi connectivity index (χ2v) is 9.12. The van der Waals surface area contributed by atoms with Gasteiger partial charge in [-0.3, -0.25) is 10.1 Å². The lowest BCUT2D eigenvalue weighted by molar-refractivity contribution is 0.0977. The highest BCUT2D eigenvalue weighted by atomic mass is 32.1. The molecule has 5 heteroatoms. The summed E-state index contributed by atoms with van der Waals surface area (Å²) in [6, 6.07) is 11.6. The smallest absolute Gasteiger partial charge is 0.257 e. The molecule has 3 aromatic carbocycles. The van der Waals surface area contributed by atoms with Crippen LogP contribution in [-0.2, 0) is 0 Å². The molecule has 0 heterocycles. The van der Waals surface area contributed by atoms with Crippen molar-refractivity contribution in [2.24, 2.45) is 0 Å². The van der Waals surface area contributed by atoms with E-state index in [1.165, 1.54) is 16.7 Å². The van der Waals surface area contributed by atoms with Crippen LogP contribution in [0.25, 0.3) is 0 Å². The van der Waals surface area contributed by atoms with Crippen LogP contribution in [0.3, 0.4) is 0 Å². The normalized spacial score (nSPS) is 10.7. The molecule has 0 aromatic heterocycles. The van der Waals surface area contributed by atoms with E-state index in [1.54, 1.807) is 6.07 Å². The van der Waals surface area contributed by atoms with Crippen molar-refractivity contribution in [3.8, 4) is 11.5 Å². The molecular weight excluding hydrogens is 428 g/mol. The van der Waals surface area contributed by atoms with E-state index in [2.05, 4.69) is 43.5 Å². The van der Waals surface area contributed by atoms with Crippen LogP contribution in [0.15, 0.2) is 36.4 Å². The minimum absolute atomic E-state index is 0.223. The number of hydrogen-bond donors (Lipinski definition) is 2. The number of thiocarbonyl (C=S) groups is 1. The molecule has 0 saturated heterocycles. The minimum atomic E-state index is -0.223. The Balaban J connectivity index is 1.87. The quantitative estimate of drug-likeness (QED) is 0.409. The first-order valence-electron chi connectivity index (χ1n) is 11.0. The van der Waals surface area contributed by atoms with Crippen molar-refractivity contribution in [3.63, 3.8) is 0 Å². The molecule has 3 aromatic rings. The lowest BCUT2D eigenvalue weighted by Crippen LogP contribution is -2.35. The summed E-state index contributed by atoms with van der Waals surface area (Å²) < 4.78 is 6.38. The van der Waals surface area contributed by atoms with Gasteiger partial charge in [0.1, 0.15) is 11.5 Å². The van der Waals surface area contributed by atoms with E-state index in [0.29, 0.717) is 5.56 Å².